The number of allylic oxidation sites excluding steroid dienone is 2. The normalized spacial score (nSPS) is 19.6. The molecule has 0 fully saturated rings. The molecule has 2 aromatic heterocycles. The van der Waals surface area contributed by atoms with Gasteiger partial charge in [-0.2, -0.15) is 5.26 Å². The average molecular weight is 532 g/mol. The smallest absolute Gasteiger partial charge is 0.264 e. The molecular weight excluding hydrogens is 512 g/mol. The Labute approximate surface area is 217 Å². The van der Waals surface area contributed by atoms with Gasteiger partial charge in [0, 0.05) is 36.7 Å². The molecule has 2 unspecified atom stereocenters. The Morgan fingerprint density at radius 1 is 1.03 bits per heavy atom. The lowest BCUT2D eigenvalue weighted by atomic mass is 9.80. The third kappa shape index (κ3) is 4.40. The molecule has 2 heterocycles. The molecule has 0 saturated heterocycles. The van der Waals surface area contributed by atoms with Gasteiger partial charge >= 0.3 is 0 Å². The van der Waals surface area contributed by atoms with E-state index in [0.717, 1.165) is 13.2 Å². The Morgan fingerprint density at radius 2 is 1.76 bits per heavy atom. The predicted molar refractivity (Wildman–Crippen MR) is 136 cm³/mol. The number of nitrogens with one attached hydrogen (secondary N) is 1. The van der Waals surface area contributed by atoms with E-state index in [-0.39, 0.29) is 33.1 Å². The summed E-state index contributed by atoms with van der Waals surface area (Å²) in [5, 5.41) is 10.4. The number of aromatic nitrogens is 3. The first-order chi connectivity index (χ1) is 18.3. The van der Waals surface area contributed by atoms with Gasteiger partial charge in [0.2, 0.25) is 11.8 Å². The first kappa shape index (κ1) is 25.1. The van der Waals surface area contributed by atoms with Crippen molar-refractivity contribution in [2.24, 2.45) is 0 Å². The predicted octanol–water partition coefficient (Wildman–Crippen LogP) is 5.07. The molecule has 2 atom stereocenters. The molecule has 190 valence electrons. The number of alkyl halides is 1. The minimum Gasteiger partial charge on any atom is -0.345 e. The van der Waals surface area contributed by atoms with Gasteiger partial charge in [-0.15, -0.1) is 0 Å². The average Bonchev–Trinajstić information content (AvgIpc) is 2.93. The molecule has 11 heteroatoms. The summed E-state index contributed by atoms with van der Waals surface area (Å²) in [5.74, 6) is -5.55. The van der Waals surface area contributed by atoms with E-state index in [0.29, 0.717) is 10.9 Å². The highest BCUT2D eigenvalue weighted by atomic mass is 32.2. The number of nitrogens with zero attached hydrogens (tertiary/aromatic N) is 4. The molecule has 0 aliphatic heterocycles. The van der Waals surface area contributed by atoms with Crippen molar-refractivity contribution in [3.63, 3.8) is 0 Å². The molecule has 0 spiro atoms. The zero-order valence-corrected chi connectivity index (χ0v) is 20.7. The summed E-state index contributed by atoms with van der Waals surface area (Å²) in [6, 6.07) is 17.4. The molecule has 1 N–H and O–H groups in total. The second-order valence-corrected chi connectivity index (χ2v) is 10.0. The zero-order chi connectivity index (χ0) is 26.9. The largest absolute Gasteiger partial charge is 0.345 e. The van der Waals surface area contributed by atoms with Gasteiger partial charge in [0.05, 0.1) is 16.2 Å². The highest BCUT2D eigenvalue weighted by molar-refractivity contribution is 7.92. The lowest BCUT2D eigenvalue weighted by molar-refractivity contribution is -0.0964. The van der Waals surface area contributed by atoms with Crippen molar-refractivity contribution in [3.8, 4) is 6.07 Å². The van der Waals surface area contributed by atoms with Crippen LogP contribution in [0.5, 0.6) is 0 Å². The highest BCUT2D eigenvalue weighted by Crippen LogP contribution is 2.49. The van der Waals surface area contributed by atoms with E-state index in [9.17, 15) is 13.7 Å². The van der Waals surface area contributed by atoms with Crippen LogP contribution in [0.15, 0.2) is 102 Å². The minimum absolute atomic E-state index is 0.0521. The van der Waals surface area contributed by atoms with Crippen molar-refractivity contribution in [3.05, 3.63) is 108 Å². The molecular formula is C27H19F2N5O3S. The van der Waals surface area contributed by atoms with E-state index in [4.69, 9.17) is 4.74 Å². The third-order valence-electron chi connectivity index (χ3n) is 6.15. The summed E-state index contributed by atoms with van der Waals surface area (Å²) < 4.78 is 65.6. The lowest BCUT2D eigenvalue weighted by Crippen LogP contribution is -2.36. The number of methoxy groups -OCH3 is 1. The number of hydrogen-bond acceptors (Lipinski definition) is 7. The maximum Gasteiger partial charge on any atom is 0.264 e. The first-order valence-electron chi connectivity index (χ1n) is 11.3. The van der Waals surface area contributed by atoms with Gasteiger partial charge in [-0.1, -0.05) is 36.4 Å². The van der Waals surface area contributed by atoms with Crippen LogP contribution in [-0.2, 0) is 14.8 Å². The molecule has 2 aromatic carbocycles. The van der Waals surface area contributed by atoms with Gasteiger partial charge < -0.3 is 4.74 Å². The Balaban J connectivity index is 1.62. The molecule has 0 bridgehead atoms. The summed E-state index contributed by atoms with van der Waals surface area (Å²) in [7, 11) is -2.96. The molecule has 0 radical (unpaired) electrons. The maximum absolute atomic E-state index is 16.3. The van der Waals surface area contributed by atoms with E-state index in [2.05, 4.69) is 19.7 Å². The van der Waals surface area contributed by atoms with Crippen LogP contribution in [0.25, 0.3) is 16.3 Å². The van der Waals surface area contributed by atoms with Crippen molar-refractivity contribution >= 4 is 32.3 Å². The van der Waals surface area contributed by atoms with E-state index >= 15 is 8.78 Å². The summed E-state index contributed by atoms with van der Waals surface area (Å²) in [5.41, 5.74) is 0.127. The van der Waals surface area contributed by atoms with E-state index in [1.165, 1.54) is 42.9 Å². The second-order valence-electron chi connectivity index (χ2n) is 8.35. The molecule has 1 aliphatic carbocycles. The Hall–Kier alpha value is -4.53. The van der Waals surface area contributed by atoms with Crippen LogP contribution in [0.3, 0.4) is 0 Å². The lowest BCUT2D eigenvalue weighted by Gasteiger charge is -2.34. The van der Waals surface area contributed by atoms with Crippen molar-refractivity contribution < 1.29 is 21.9 Å². The fraction of sp³-hybridized carbons (Fsp3) is 0.111. The van der Waals surface area contributed by atoms with Gasteiger partial charge in [-0.05, 0) is 41.3 Å². The highest BCUT2D eigenvalue weighted by Gasteiger charge is 2.48. The Morgan fingerprint density at radius 3 is 2.45 bits per heavy atom. The van der Waals surface area contributed by atoms with Gasteiger partial charge in [0.1, 0.15) is 17.8 Å². The first-order valence-corrected chi connectivity index (χ1v) is 12.8. The van der Waals surface area contributed by atoms with Crippen LogP contribution in [0.2, 0.25) is 0 Å². The topological polar surface area (TPSA) is 118 Å². The number of fused-ring (bicyclic) bond motifs is 1. The summed E-state index contributed by atoms with van der Waals surface area (Å²) in [4.78, 5) is 11.8. The molecule has 4 aromatic rings. The number of hydrogen-bond donors (Lipinski definition) is 1. The van der Waals surface area contributed by atoms with Crippen LogP contribution in [0.1, 0.15) is 17.2 Å². The second kappa shape index (κ2) is 9.74. The van der Waals surface area contributed by atoms with Gasteiger partial charge in [0.25, 0.3) is 10.0 Å². The number of halogens is 2. The van der Waals surface area contributed by atoms with Crippen molar-refractivity contribution in [2.75, 3.05) is 11.8 Å². The van der Waals surface area contributed by atoms with Crippen molar-refractivity contribution in [2.45, 2.75) is 16.7 Å². The number of ether oxygens (including phenoxy) is 1. The molecule has 38 heavy (non-hydrogen) atoms. The zero-order valence-electron chi connectivity index (χ0n) is 19.8. The fourth-order valence-corrected chi connectivity index (χ4v) is 5.34. The molecule has 5 rings (SSSR count). The van der Waals surface area contributed by atoms with Crippen LogP contribution in [0.4, 0.5) is 14.7 Å². The number of benzene rings is 2. The van der Waals surface area contributed by atoms with Crippen LogP contribution in [-0.4, -0.2) is 36.3 Å². The number of anilines is 1. The minimum atomic E-state index is -4.06. The van der Waals surface area contributed by atoms with Crippen LogP contribution < -0.4 is 4.72 Å². The number of rotatable bonds is 6. The van der Waals surface area contributed by atoms with E-state index in [1.807, 2.05) is 6.07 Å². The van der Waals surface area contributed by atoms with Gasteiger partial charge in [0.15, 0.2) is 0 Å². The van der Waals surface area contributed by atoms with Crippen LogP contribution >= 0.6 is 0 Å². The number of sulfonamides is 1. The summed E-state index contributed by atoms with van der Waals surface area (Å²) in [6.45, 7) is 0. The van der Waals surface area contributed by atoms with Crippen molar-refractivity contribution in [1.29, 1.82) is 5.26 Å². The number of nitriles is 1. The van der Waals surface area contributed by atoms with Crippen LogP contribution in [0, 0.1) is 11.3 Å². The van der Waals surface area contributed by atoms with Gasteiger partial charge in [-0.3, -0.25) is 4.98 Å². The number of pyridine rings is 1. The molecule has 8 nitrogen and oxygen atoms in total. The van der Waals surface area contributed by atoms with E-state index in [1.54, 1.807) is 36.4 Å². The Bertz CT molecular complexity index is 1740. The monoisotopic (exact) mass is 531 g/mol. The van der Waals surface area contributed by atoms with Gasteiger partial charge in [-0.25, -0.2) is 31.9 Å². The third-order valence-corrected chi connectivity index (χ3v) is 7.47. The SMILES string of the molecule is COC1(F)C=C(c2ccccc2)C(C#N)=C(F)C1c1nccc2cc(S(=O)(=O)Nc3ncccn3)ccc12. The summed E-state index contributed by atoms with van der Waals surface area (Å²) in [6.07, 6.45) is 5.18. The molecule has 0 amide bonds. The Kier molecular flexibility index (Phi) is 6.44. The molecule has 1 aliphatic rings. The summed E-state index contributed by atoms with van der Waals surface area (Å²) >= 11 is 0. The fourth-order valence-electron chi connectivity index (χ4n) is 4.35. The molecule has 0 saturated carbocycles. The maximum atomic E-state index is 16.3. The van der Waals surface area contributed by atoms with E-state index < -0.39 is 27.6 Å². The quantitative estimate of drug-likeness (QED) is 0.369. The standard InChI is InChI=1S/C27H19F2N5O3S/c1-37-27(29)15-21(17-6-3-2-4-7-17)22(16-30)24(28)23(27)25-20-9-8-19(14-18(20)10-13-31-25)38(35,36)34-26-32-11-5-12-33-26/h2-15,23H,1H3,(H,32,33,34). The van der Waals surface area contributed by atoms with Crippen molar-refractivity contribution in [1.82, 2.24) is 15.0 Å².